The zero-order valence-electron chi connectivity index (χ0n) is 36.5. The van der Waals surface area contributed by atoms with Crippen LogP contribution in [0.2, 0.25) is 0 Å². The first-order valence-corrected chi connectivity index (χ1v) is 22.1. The van der Waals surface area contributed by atoms with Crippen molar-refractivity contribution in [1.82, 2.24) is 14.5 Å². The van der Waals surface area contributed by atoms with Gasteiger partial charge < -0.3 is 9.47 Å². The van der Waals surface area contributed by atoms with Gasteiger partial charge in [0.25, 0.3) is 0 Å². The van der Waals surface area contributed by atoms with E-state index in [-0.39, 0.29) is 0 Å². The number of benzene rings is 9. The Labute approximate surface area is 393 Å². The summed E-state index contributed by atoms with van der Waals surface area (Å²) in [5, 5.41) is 32.1. The zero-order chi connectivity index (χ0) is 46.0. The van der Waals surface area contributed by atoms with E-state index in [2.05, 4.69) is 167 Å². The SMILES string of the molecule is N#Cc1cccc(-c2cc(-c3ccc(-c4ccc(-c5ccc(-n6c7ccccc7c7cc(N(c8ccccc8)c8ccccc8)ccc76)cc5)cc4)cc3C#N)nc(-c3cccc(C#N)c3)n2)c1. The summed E-state index contributed by atoms with van der Waals surface area (Å²) in [6.07, 6.45) is 0. The third kappa shape index (κ3) is 7.67. The van der Waals surface area contributed by atoms with E-state index in [4.69, 9.17) is 9.97 Å². The summed E-state index contributed by atoms with van der Waals surface area (Å²) in [7, 11) is 0. The van der Waals surface area contributed by atoms with Crippen LogP contribution < -0.4 is 4.90 Å². The zero-order valence-corrected chi connectivity index (χ0v) is 36.5. The normalized spacial score (nSPS) is 10.9. The van der Waals surface area contributed by atoms with Crippen molar-refractivity contribution in [3.8, 4) is 80.1 Å². The van der Waals surface area contributed by atoms with Gasteiger partial charge in [0.15, 0.2) is 5.82 Å². The molecule has 0 unspecified atom stereocenters. The second-order valence-corrected chi connectivity index (χ2v) is 16.4. The molecule has 0 saturated heterocycles. The average Bonchev–Trinajstić information content (AvgIpc) is 3.75. The molecule has 11 rings (SSSR count). The quantitative estimate of drug-likeness (QED) is 0.143. The Morgan fingerprint density at radius 2 is 0.926 bits per heavy atom. The van der Waals surface area contributed by atoms with Crippen LogP contribution >= 0.6 is 0 Å². The predicted octanol–water partition coefficient (Wildman–Crippen LogP) is 15.0. The smallest absolute Gasteiger partial charge is 0.160 e. The summed E-state index contributed by atoms with van der Waals surface area (Å²) < 4.78 is 2.34. The first-order valence-electron chi connectivity index (χ1n) is 22.1. The minimum Gasteiger partial charge on any atom is -0.310 e. The molecule has 2 heterocycles. The number of aromatic nitrogens is 3. The lowest BCUT2D eigenvalue weighted by atomic mass is 9.95. The van der Waals surface area contributed by atoms with Gasteiger partial charge >= 0.3 is 0 Å². The lowest BCUT2D eigenvalue weighted by molar-refractivity contribution is 1.18. The van der Waals surface area contributed by atoms with Gasteiger partial charge in [0, 0.05) is 50.2 Å². The minimum atomic E-state index is 0.410. The molecule has 2 aromatic heterocycles. The second kappa shape index (κ2) is 17.6. The fourth-order valence-corrected chi connectivity index (χ4v) is 9.02. The van der Waals surface area contributed by atoms with Crippen LogP contribution in [-0.2, 0) is 0 Å². The van der Waals surface area contributed by atoms with Crippen LogP contribution in [0.4, 0.5) is 17.1 Å². The van der Waals surface area contributed by atoms with Gasteiger partial charge in [-0.15, -0.1) is 0 Å². The standard InChI is InChI=1S/C61H37N7/c62-38-41-11-9-13-47(33-41)57-37-58(66-61(65-57)48-14-10-12-42(34-48)39-63)54-31-27-46(35-49(54)40-64)45-23-21-43(22-24-45)44-25-28-52(29-26-44)68-59-20-8-7-19-55(59)56-36-53(30-32-60(56)68)67(50-15-3-1-4-16-50)51-17-5-2-6-18-51/h1-37H. The molecule has 7 heteroatoms. The molecule has 11 aromatic rings. The topological polar surface area (TPSA) is 105 Å². The van der Waals surface area contributed by atoms with Crippen molar-refractivity contribution in [3.63, 3.8) is 0 Å². The minimum absolute atomic E-state index is 0.410. The van der Waals surface area contributed by atoms with Crippen molar-refractivity contribution in [2.24, 2.45) is 0 Å². The van der Waals surface area contributed by atoms with Gasteiger partial charge in [-0.1, -0.05) is 127 Å². The van der Waals surface area contributed by atoms with Crippen molar-refractivity contribution in [1.29, 1.82) is 15.8 Å². The summed E-state index contributed by atoms with van der Waals surface area (Å²) in [4.78, 5) is 12.1. The van der Waals surface area contributed by atoms with Crippen LogP contribution in [0.5, 0.6) is 0 Å². The molecular formula is C61H37N7. The number of fused-ring (bicyclic) bond motifs is 3. The first-order chi connectivity index (χ1) is 33.5. The van der Waals surface area contributed by atoms with Crippen LogP contribution in [0.3, 0.4) is 0 Å². The fourth-order valence-electron chi connectivity index (χ4n) is 9.02. The highest BCUT2D eigenvalue weighted by molar-refractivity contribution is 6.10. The fraction of sp³-hybridized carbons (Fsp3) is 0. The summed E-state index contributed by atoms with van der Waals surface area (Å²) in [5.41, 5.74) is 15.3. The molecule has 316 valence electrons. The largest absolute Gasteiger partial charge is 0.310 e. The molecule has 0 atom stereocenters. The van der Waals surface area contributed by atoms with Crippen LogP contribution in [0, 0.1) is 34.0 Å². The number of nitrogens with zero attached hydrogens (tertiary/aromatic N) is 7. The maximum Gasteiger partial charge on any atom is 0.160 e. The summed E-state index contributed by atoms with van der Waals surface area (Å²) in [6.45, 7) is 0. The first kappa shape index (κ1) is 40.9. The van der Waals surface area contributed by atoms with Crippen molar-refractivity contribution in [3.05, 3.63) is 241 Å². The number of rotatable bonds is 9. The summed E-state index contributed by atoms with van der Waals surface area (Å²) in [6, 6.07) is 82.3. The molecular weight excluding hydrogens is 831 g/mol. The number of hydrogen-bond donors (Lipinski definition) is 0. The van der Waals surface area contributed by atoms with Crippen LogP contribution in [-0.4, -0.2) is 14.5 Å². The Hall–Kier alpha value is -9.87. The molecule has 0 bridgehead atoms. The van der Waals surface area contributed by atoms with Crippen molar-refractivity contribution in [2.75, 3.05) is 4.90 Å². The Bertz CT molecular complexity index is 3700. The number of para-hydroxylation sites is 3. The molecule has 0 N–H and O–H groups in total. The molecule has 0 aliphatic carbocycles. The van der Waals surface area contributed by atoms with Crippen LogP contribution in [0.25, 0.3) is 83.6 Å². The highest BCUT2D eigenvalue weighted by Gasteiger charge is 2.19. The van der Waals surface area contributed by atoms with E-state index in [9.17, 15) is 15.8 Å². The molecule has 7 nitrogen and oxygen atoms in total. The molecule has 0 aliphatic heterocycles. The van der Waals surface area contributed by atoms with Crippen LogP contribution in [0.15, 0.2) is 224 Å². The van der Waals surface area contributed by atoms with E-state index in [1.54, 1.807) is 30.3 Å². The Balaban J connectivity index is 0.897. The maximum absolute atomic E-state index is 10.5. The highest BCUT2D eigenvalue weighted by Crippen LogP contribution is 2.40. The lowest BCUT2D eigenvalue weighted by Crippen LogP contribution is -2.09. The van der Waals surface area contributed by atoms with Gasteiger partial charge in [0.1, 0.15) is 0 Å². The van der Waals surface area contributed by atoms with Crippen LogP contribution in [0.1, 0.15) is 16.7 Å². The third-order valence-corrected chi connectivity index (χ3v) is 12.3. The molecule has 0 fully saturated rings. The molecule has 68 heavy (non-hydrogen) atoms. The molecule has 9 aromatic carbocycles. The maximum atomic E-state index is 10.5. The van der Waals surface area contributed by atoms with Crippen molar-refractivity contribution >= 4 is 38.9 Å². The predicted molar refractivity (Wildman–Crippen MR) is 272 cm³/mol. The van der Waals surface area contributed by atoms with E-state index in [1.165, 1.54) is 10.8 Å². The van der Waals surface area contributed by atoms with E-state index in [0.29, 0.717) is 45.0 Å². The lowest BCUT2D eigenvalue weighted by Gasteiger charge is -2.25. The van der Waals surface area contributed by atoms with Crippen molar-refractivity contribution < 1.29 is 0 Å². The van der Waals surface area contributed by atoms with E-state index >= 15 is 0 Å². The third-order valence-electron chi connectivity index (χ3n) is 12.3. The van der Waals surface area contributed by atoms with Gasteiger partial charge in [0.05, 0.1) is 57.3 Å². The molecule has 0 radical (unpaired) electrons. The Morgan fingerprint density at radius 3 is 1.59 bits per heavy atom. The monoisotopic (exact) mass is 867 g/mol. The van der Waals surface area contributed by atoms with E-state index < -0.39 is 0 Å². The molecule has 0 aliphatic rings. The number of anilines is 3. The Morgan fingerprint density at radius 1 is 0.368 bits per heavy atom. The van der Waals surface area contributed by atoms with Gasteiger partial charge in [-0.25, -0.2) is 9.97 Å². The summed E-state index contributed by atoms with van der Waals surface area (Å²) in [5.74, 6) is 0.410. The molecule has 0 saturated carbocycles. The van der Waals surface area contributed by atoms with E-state index in [1.807, 2.05) is 54.6 Å². The number of nitriles is 3. The van der Waals surface area contributed by atoms with Gasteiger partial charge in [-0.05, 0) is 119 Å². The van der Waals surface area contributed by atoms with Gasteiger partial charge in [0.2, 0.25) is 0 Å². The molecule has 0 amide bonds. The average molecular weight is 868 g/mol. The molecule has 0 spiro atoms. The second-order valence-electron chi connectivity index (χ2n) is 16.4. The van der Waals surface area contributed by atoms with Gasteiger partial charge in [-0.2, -0.15) is 15.8 Å². The summed E-state index contributed by atoms with van der Waals surface area (Å²) >= 11 is 0. The Kier molecular flexibility index (Phi) is 10.6. The van der Waals surface area contributed by atoms with E-state index in [0.717, 1.165) is 61.6 Å². The van der Waals surface area contributed by atoms with Gasteiger partial charge in [-0.3, -0.25) is 0 Å². The van der Waals surface area contributed by atoms with Crippen molar-refractivity contribution in [2.45, 2.75) is 0 Å². The number of hydrogen-bond acceptors (Lipinski definition) is 6. The highest BCUT2D eigenvalue weighted by atomic mass is 15.1.